The first-order valence-corrected chi connectivity index (χ1v) is 10.2. The topological polar surface area (TPSA) is 64.5 Å². The molecule has 0 bridgehead atoms. The van der Waals surface area contributed by atoms with Gasteiger partial charge in [0.1, 0.15) is 0 Å². The molecule has 4 nitrogen and oxygen atoms in total. The predicted molar refractivity (Wildman–Crippen MR) is 113 cm³/mol. The highest BCUT2D eigenvalue weighted by molar-refractivity contribution is 6.31. The first kappa shape index (κ1) is 21.5. The summed E-state index contributed by atoms with van der Waals surface area (Å²) in [5, 5.41) is 26.3. The summed E-state index contributed by atoms with van der Waals surface area (Å²) in [5.41, 5.74) is 2.24. The quantitative estimate of drug-likeness (QED) is 0.304. The number of hydrogen-bond acceptors (Lipinski definition) is 4. The maximum Gasteiger partial charge on any atom is 0.158 e. The summed E-state index contributed by atoms with van der Waals surface area (Å²) >= 11 is 6.06. The third kappa shape index (κ3) is 8.65. The Hall–Kier alpha value is -1.75. The van der Waals surface area contributed by atoms with Gasteiger partial charge in [-0.05, 0) is 69.1 Å². The number of rotatable bonds is 13. The molecule has 0 aliphatic carbocycles. The van der Waals surface area contributed by atoms with Gasteiger partial charge in [0.05, 0.1) is 0 Å². The Labute approximate surface area is 167 Å². The Morgan fingerprint density at radius 2 is 1.30 bits per heavy atom. The fraction of sp³-hybridized carbons (Fsp3) is 0.455. The minimum Gasteiger partial charge on any atom is -0.504 e. The molecule has 2 aromatic rings. The van der Waals surface area contributed by atoms with Gasteiger partial charge in [-0.2, -0.15) is 0 Å². The molecule has 0 aliphatic rings. The molecule has 0 radical (unpaired) electrons. The number of halogens is 1. The standard InChI is InChI=1S/C22H31ClN2O2/c23-20-17-22(27)21(26)16-19(20)11-15-25-13-7-2-1-6-12-24-14-10-18-8-4-3-5-9-18/h3-5,8-9,16-17,24-27H,1-2,6-7,10-15H2. The maximum absolute atomic E-state index is 9.53. The summed E-state index contributed by atoms with van der Waals surface area (Å²) < 4.78 is 0. The van der Waals surface area contributed by atoms with Gasteiger partial charge < -0.3 is 20.8 Å². The third-order valence-electron chi connectivity index (χ3n) is 4.61. The fourth-order valence-corrected chi connectivity index (χ4v) is 3.24. The van der Waals surface area contributed by atoms with Crippen molar-refractivity contribution in [3.63, 3.8) is 0 Å². The van der Waals surface area contributed by atoms with E-state index in [1.54, 1.807) is 0 Å². The van der Waals surface area contributed by atoms with Gasteiger partial charge in [0.25, 0.3) is 0 Å². The zero-order chi connectivity index (χ0) is 19.3. The van der Waals surface area contributed by atoms with Crippen molar-refractivity contribution in [1.29, 1.82) is 0 Å². The Balaban J connectivity index is 1.40. The van der Waals surface area contributed by atoms with Crippen LogP contribution in [0.3, 0.4) is 0 Å². The van der Waals surface area contributed by atoms with Crippen molar-refractivity contribution in [2.24, 2.45) is 0 Å². The molecule has 2 aromatic carbocycles. The van der Waals surface area contributed by atoms with Gasteiger partial charge in [-0.3, -0.25) is 0 Å². The lowest BCUT2D eigenvalue weighted by Crippen LogP contribution is -2.19. The van der Waals surface area contributed by atoms with Crippen molar-refractivity contribution in [3.8, 4) is 11.5 Å². The highest BCUT2D eigenvalue weighted by atomic mass is 35.5. The molecule has 0 saturated heterocycles. The Bertz CT molecular complexity index is 665. The van der Waals surface area contributed by atoms with Crippen LogP contribution in [-0.2, 0) is 12.8 Å². The Morgan fingerprint density at radius 3 is 1.96 bits per heavy atom. The van der Waals surface area contributed by atoms with Crippen molar-refractivity contribution >= 4 is 11.6 Å². The summed E-state index contributed by atoms with van der Waals surface area (Å²) in [5.74, 6) is -0.293. The van der Waals surface area contributed by atoms with Crippen LogP contribution in [0.15, 0.2) is 42.5 Å². The molecular weight excluding hydrogens is 360 g/mol. The average Bonchev–Trinajstić information content (AvgIpc) is 2.67. The smallest absolute Gasteiger partial charge is 0.158 e. The van der Waals surface area contributed by atoms with Crippen molar-refractivity contribution in [3.05, 3.63) is 58.6 Å². The number of hydrogen-bond donors (Lipinski definition) is 4. The predicted octanol–water partition coefficient (Wildman–Crippen LogP) is 4.28. The molecule has 0 unspecified atom stereocenters. The SMILES string of the molecule is Oc1cc(Cl)c(CCNCCCCCCNCCc2ccccc2)cc1O. The van der Waals surface area contributed by atoms with E-state index in [1.165, 1.54) is 43.4 Å². The molecule has 2 rings (SSSR count). The second kappa shape index (κ2) is 12.6. The molecule has 0 saturated carbocycles. The van der Waals surface area contributed by atoms with E-state index in [9.17, 15) is 10.2 Å². The van der Waals surface area contributed by atoms with Crippen LogP contribution in [0, 0.1) is 0 Å². The average molecular weight is 391 g/mol. The summed E-state index contributed by atoms with van der Waals surface area (Å²) in [6, 6.07) is 13.5. The van der Waals surface area contributed by atoms with Crippen LogP contribution in [-0.4, -0.2) is 36.4 Å². The second-order valence-electron chi connectivity index (χ2n) is 6.83. The Kier molecular flexibility index (Phi) is 10.1. The molecule has 4 N–H and O–H groups in total. The van der Waals surface area contributed by atoms with Crippen molar-refractivity contribution in [2.75, 3.05) is 26.2 Å². The molecule has 27 heavy (non-hydrogen) atoms. The maximum atomic E-state index is 9.53. The van der Waals surface area contributed by atoms with Crippen LogP contribution in [0.25, 0.3) is 0 Å². The number of phenols is 2. The van der Waals surface area contributed by atoms with Crippen molar-refractivity contribution < 1.29 is 10.2 Å². The van der Waals surface area contributed by atoms with E-state index in [4.69, 9.17) is 11.6 Å². The third-order valence-corrected chi connectivity index (χ3v) is 4.96. The highest BCUT2D eigenvalue weighted by Gasteiger charge is 2.06. The number of unbranched alkanes of at least 4 members (excludes halogenated alkanes) is 3. The molecule has 0 aromatic heterocycles. The number of benzene rings is 2. The molecule has 5 heteroatoms. The largest absolute Gasteiger partial charge is 0.504 e. The van der Waals surface area contributed by atoms with E-state index in [-0.39, 0.29) is 11.5 Å². The van der Waals surface area contributed by atoms with Gasteiger partial charge in [0, 0.05) is 11.1 Å². The normalized spacial score (nSPS) is 11.0. The van der Waals surface area contributed by atoms with Crippen LogP contribution in [0.5, 0.6) is 11.5 Å². The lowest BCUT2D eigenvalue weighted by molar-refractivity contribution is 0.403. The van der Waals surface area contributed by atoms with Gasteiger partial charge in [0.2, 0.25) is 0 Å². The minimum atomic E-state index is -0.175. The molecule has 0 fully saturated rings. The van der Waals surface area contributed by atoms with E-state index in [1.807, 2.05) is 0 Å². The fourth-order valence-electron chi connectivity index (χ4n) is 2.99. The second-order valence-corrected chi connectivity index (χ2v) is 7.24. The zero-order valence-corrected chi connectivity index (χ0v) is 16.6. The lowest BCUT2D eigenvalue weighted by atomic mass is 10.1. The van der Waals surface area contributed by atoms with E-state index >= 15 is 0 Å². The van der Waals surface area contributed by atoms with Gasteiger partial charge in [-0.1, -0.05) is 54.8 Å². The van der Waals surface area contributed by atoms with E-state index in [0.717, 1.165) is 44.6 Å². The summed E-state index contributed by atoms with van der Waals surface area (Å²) in [7, 11) is 0. The molecule has 0 aliphatic heterocycles. The van der Waals surface area contributed by atoms with Crippen LogP contribution >= 0.6 is 11.6 Å². The number of phenolic OH excluding ortho intramolecular Hbond substituents is 2. The Morgan fingerprint density at radius 1 is 0.704 bits per heavy atom. The monoisotopic (exact) mass is 390 g/mol. The van der Waals surface area contributed by atoms with Crippen LogP contribution in [0.1, 0.15) is 36.8 Å². The van der Waals surface area contributed by atoms with E-state index < -0.39 is 0 Å². The molecule has 0 heterocycles. The molecule has 0 amide bonds. The van der Waals surface area contributed by atoms with Crippen LogP contribution in [0.4, 0.5) is 0 Å². The minimum absolute atomic E-state index is 0.119. The van der Waals surface area contributed by atoms with Crippen molar-refractivity contribution in [1.82, 2.24) is 10.6 Å². The highest BCUT2D eigenvalue weighted by Crippen LogP contribution is 2.31. The van der Waals surface area contributed by atoms with Gasteiger partial charge >= 0.3 is 0 Å². The summed E-state index contributed by atoms with van der Waals surface area (Å²) in [6.07, 6.45) is 6.69. The lowest BCUT2D eigenvalue weighted by Gasteiger charge is -2.08. The van der Waals surface area contributed by atoms with Gasteiger partial charge in [-0.15, -0.1) is 0 Å². The van der Waals surface area contributed by atoms with Gasteiger partial charge in [0.15, 0.2) is 11.5 Å². The van der Waals surface area contributed by atoms with Crippen molar-refractivity contribution in [2.45, 2.75) is 38.5 Å². The number of aromatic hydroxyl groups is 2. The molecule has 0 atom stereocenters. The molecule has 0 spiro atoms. The first-order valence-electron chi connectivity index (χ1n) is 9.82. The van der Waals surface area contributed by atoms with Gasteiger partial charge in [-0.25, -0.2) is 0 Å². The molecule has 148 valence electrons. The summed E-state index contributed by atoms with van der Waals surface area (Å²) in [4.78, 5) is 0. The zero-order valence-electron chi connectivity index (χ0n) is 15.9. The summed E-state index contributed by atoms with van der Waals surface area (Å²) in [6.45, 7) is 3.93. The van der Waals surface area contributed by atoms with E-state index in [0.29, 0.717) is 5.02 Å². The van der Waals surface area contributed by atoms with Crippen LogP contribution < -0.4 is 10.6 Å². The molecular formula is C22H31ClN2O2. The first-order chi connectivity index (χ1) is 13.2. The van der Waals surface area contributed by atoms with E-state index in [2.05, 4.69) is 41.0 Å². The number of nitrogens with one attached hydrogen (secondary N) is 2. The van der Waals surface area contributed by atoms with Crippen LogP contribution in [0.2, 0.25) is 5.02 Å².